The number of carbonyl (C=O) groups excluding carboxylic acids is 1. The predicted octanol–water partition coefficient (Wildman–Crippen LogP) is 3.03. The topological polar surface area (TPSA) is 42.0 Å². The highest BCUT2D eigenvalue weighted by molar-refractivity contribution is 7.10. The molecule has 5 heteroatoms. The number of halogens is 1. The van der Waals surface area contributed by atoms with Gasteiger partial charge in [-0.25, -0.2) is 0 Å². The van der Waals surface area contributed by atoms with Crippen LogP contribution in [-0.4, -0.2) is 10.9 Å². The Morgan fingerprint density at radius 1 is 1.53 bits per heavy atom. The van der Waals surface area contributed by atoms with Crippen LogP contribution in [0, 0.1) is 6.92 Å². The molecule has 0 saturated heterocycles. The first-order valence-corrected chi connectivity index (χ1v) is 6.35. The van der Waals surface area contributed by atoms with Crippen molar-refractivity contribution in [1.29, 1.82) is 0 Å². The molecule has 1 N–H and O–H groups in total. The van der Waals surface area contributed by atoms with Gasteiger partial charge in [-0.05, 0) is 30.0 Å². The first-order valence-electron chi connectivity index (χ1n) is 5.09. The third kappa shape index (κ3) is 2.84. The summed E-state index contributed by atoms with van der Waals surface area (Å²) in [4.78, 5) is 16.9. The second-order valence-electron chi connectivity index (χ2n) is 3.56. The molecule has 3 nitrogen and oxygen atoms in total. The Balaban J connectivity index is 2.04. The third-order valence-corrected chi connectivity index (χ3v) is 3.74. The molecule has 0 fully saturated rings. The van der Waals surface area contributed by atoms with Gasteiger partial charge in [-0.3, -0.25) is 9.78 Å². The van der Waals surface area contributed by atoms with E-state index in [1.54, 1.807) is 23.6 Å². The number of aromatic nitrogens is 1. The monoisotopic (exact) mass is 266 g/mol. The smallest absolute Gasteiger partial charge is 0.254 e. The summed E-state index contributed by atoms with van der Waals surface area (Å²) in [7, 11) is 0. The van der Waals surface area contributed by atoms with Crippen LogP contribution in [0.3, 0.4) is 0 Å². The molecule has 0 radical (unpaired) electrons. The summed E-state index contributed by atoms with van der Waals surface area (Å²) in [6.07, 6.45) is 3.03. The van der Waals surface area contributed by atoms with Gasteiger partial charge in [-0.15, -0.1) is 11.3 Å². The maximum absolute atomic E-state index is 11.8. The highest BCUT2D eigenvalue weighted by Crippen LogP contribution is 2.16. The Morgan fingerprint density at radius 2 is 2.35 bits per heavy atom. The van der Waals surface area contributed by atoms with Crippen LogP contribution in [0.2, 0.25) is 5.02 Å². The molecule has 2 heterocycles. The molecule has 0 aliphatic rings. The molecular formula is C12H11ClN2OS. The summed E-state index contributed by atoms with van der Waals surface area (Å²) in [5.41, 5.74) is 1.59. The van der Waals surface area contributed by atoms with Crippen molar-refractivity contribution in [1.82, 2.24) is 10.3 Å². The summed E-state index contributed by atoms with van der Waals surface area (Å²) in [5.74, 6) is -0.198. The summed E-state index contributed by atoms with van der Waals surface area (Å²) < 4.78 is 0. The number of pyridine rings is 1. The van der Waals surface area contributed by atoms with E-state index in [0.29, 0.717) is 17.1 Å². The van der Waals surface area contributed by atoms with Crippen molar-refractivity contribution in [2.45, 2.75) is 13.5 Å². The lowest BCUT2D eigenvalue weighted by molar-refractivity contribution is 0.0951. The number of hydrogen-bond acceptors (Lipinski definition) is 3. The van der Waals surface area contributed by atoms with Crippen LogP contribution in [0.15, 0.2) is 29.9 Å². The van der Waals surface area contributed by atoms with Gasteiger partial charge in [0, 0.05) is 17.3 Å². The van der Waals surface area contributed by atoms with Crippen molar-refractivity contribution in [3.8, 4) is 0 Å². The molecule has 0 unspecified atom stereocenters. The maximum atomic E-state index is 11.8. The predicted molar refractivity (Wildman–Crippen MR) is 69.5 cm³/mol. The molecule has 2 aromatic rings. The highest BCUT2D eigenvalue weighted by atomic mass is 35.5. The number of hydrogen-bond donors (Lipinski definition) is 1. The zero-order valence-electron chi connectivity index (χ0n) is 9.24. The van der Waals surface area contributed by atoms with Gasteiger partial charge in [-0.2, -0.15) is 0 Å². The number of rotatable bonds is 3. The largest absolute Gasteiger partial charge is 0.347 e. The minimum Gasteiger partial charge on any atom is -0.347 e. The van der Waals surface area contributed by atoms with Gasteiger partial charge in [0.25, 0.3) is 5.91 Å². The zero-order chi connectivity index (χ0) is 12.3. The van der Waals surface area contributed by atoms with Crippen molar-refractivity contribution in [2.75, 3.05) is 0 Å². The lowest BCUT2D eigenvalue weighted by atomic mass is 10.2. The van der Waals surface area contributed by atoms with Crippen molar-refractivity contribution in [2.24, 2.45) is 0 Å². The van der Waals surface area contributed by atoms with E-state index < -0.39 is 0 Å². The number of carbonyl (C=O) groups is 1. The normalized spacial score (nSPS) is 10.2. The van der Waals surface area contributed by atoms with E-state index in [9.17, 15) is 4.79 Å². The van der Waals surface area contributed by atoms with Gasteiger partial charge in [0.2, 0.25) is 0 Å². The Bertz CT molecular complexity index is 539. The number of amides is 1. The Labute approximate surface area is 108 Å². The molecule has 1 amide bonds. The second-order valence-corrected chi connectivity index (χ2v) is 4.97. The number of thiophene rings is 1. The molecule has 0 atom stereocenters. The number of nitrogens with one attached hydrogen (secondary N) is 1. The van der Waals surface area contributed by atoms with Gasteiger partial charge < -0.3 is 5.32 Å². The quantitative estimate of drug-likeness (QED) is 0.928. The second kappa shape index (κ2) is 5.29. The molecule has 0 saturated carbocycles. The van der Waals surface area contributed by atoms with Crippen molar-refractivity contribution in [3.05, 3.63) is 50.9 Å². The lowest BCUT2D eigenvalue weighted by Gasteiger charge is -2.05. The minimum absolute atomic E-state index is 0.198. The molecule has 0 aliphatic carbocycles. The molecular weight excluding hydrogens is 256 g/mol. The van der Waals surface area contributed by atoms with Crippen molar-refractivity contribution in [3.63, 3.8) is 0 Å². The first-order chi connectivity index (χ1) is 8.18. The van der Waals surface area contributed by atoms with E-state index in [2.05, 4.69) is 10.3 Å². The minimum atomic E-state index is -0.198. The van der Waals surface area contributed by atoms with Gasteiger partial charge in [-0.1, -0.05) is 11.6 Å². The van der Waals surface area contributed by atoms with E-state index in [1.807, 2.05) is 18.4 Å². The summed E-state index contributed by atoms with van der Waals surface area (Å²) in [5, 5.41) is 5.25. The Kier molecular flexibility index (Phi) is 3.76. The van der Waals surface area contributed by atoms with E-state index in [4.69, 9.17) is 11.6 Å². The number of aryl methyl sites for hydroxylation is 1. The van der Waals surface area contributed by atoms with Gasteiger partial charge in [0.05, 0.1) is 17.1 Å². The summed E-state index contributed by atoms with van der Waals surface area (Å²) >= 11 is 7.54. The Hall–Kier alpha value is -1.39. The van der Waals surface area contributed by atoms with E-state index in [-0.39, 0.29) is 5.91 Å². The van der Waals surface area contributed by atoms with Crippen LogP contribution in [-0.2, 0) is 6.54 Å². The summed E-state index contributed by atoms with van der Waals surface area (Å²) in [6.45, 7) is 2.54. The van der Waals surface area contributed by atoms with Crippen molar-refractivity contribution >= 4 is 28.8 Å². The maximum Gasteiger partial charge on any atom is 0.254 e. The lowest BCUT2D eigenvalue weighted by Crippen LogP contribution is -2.23. The van der Waals surface area contributed by atoms with Crippen LogP contribution >= 0.6 is 22.9 Å². The van der Waals surface area contributed by atoms with Crippen LogP contribution in [0.1, 0.15) is 20.8 Å². The SMILES string of the molecule is Cc1ccsc1CNC(=O)c1cnccc1Cl. The molecule has 0 aliphatic heterocycles. The zero-order valence-corrected chi connectivity index (χ0v) is 10.8. The third-order valence-electron chi connectivity index (χ3n) is 2.39. The van der Waals surface area contributed by atoms with E-state index in [0.717, 1.165) is 4.88 Å². The van der Waals surface area contributed by atoms with Gasteiger partial charge in [0.15, 0.2) is 0 Å². The molecule has 17 heavy (non-hydrogen) atoms. The molecule has 88 valence electrons. The molecule has 0 aromatic carbocycles. The standard InChI is InChI=1S/C12H11ClN2OS/c1-8-3-5-17-11(8)7-15-12(16)9-6-14-4-2-10(9)13/h2-6H,7H2,1H3,(H,15,16). The summed E-state index contributed by atoms with van der Waals surface area (Å²) in [6, 6.07) is 3.63. The fourth-order valence-electron chi connectivity index (χ4n) is 1.39. The fourth-order valence-corrected chi connectivity index (χ4v) is 2.42. The van der Waals surface area contributed by atoms with Crippen LogP contribution in [0.5, 0.6) is 0 Å². The van der Waals surface area contributed by atoms with E-state index in [1.165, 1.54) is 11.8 Å². The van der Waals surface area contributed by atoms with Crippen LogP contribution in [0.25, 0.3) is 0 Å². The van der Waals surface area contributed by atoms with Crippen LogP contribution in [0.4, 0.5) is 0 Å². The molecule has 0 spiro atoms. The van der Waals surface area contributed by atoms with Gasteiger partial charge >= 0.3 is 0 Å². The van der Waals surface area contributed by atoms with Gasteiger partial charge in [0.1, 0.15) is 0 Å². The average molecular weight is 267 g/mol. The van der Waals surface area contributed by atoms with Crippen LogP contribution < -0.4 is 5.32 Å². The molecule has 2 aromatic heterocycles. The fraction of sp³-hybridized carbons (Fsp3) is 0.167. The van der Waals surface area contributed by atoms with Crippen molar-refractivity contribution < 1.29 is 4.79 Å². The number of nitrogens with zero attached hydrogens (tertiary/aromatic N) is 1. The molecule has 0 bridgehead atoms. The van der Waals surface area contributed by atoms with E-state index >= 15 is 0 Å². The molecule has 2 rings (SSSR count). The Morgan fingerprint density at radius 3 is 3.00 bits per heavy atom. The average Bonchev–Trinajstić information content (AvgIpc) is 2.72. The first kappa shape index (κ1) is 12.1. The highest BCUT2D eigenvalue weighted by Gasteiger charge is 2.10.